The van der Waals surface area contributed by atoms with Crippen LogP contribution in [0.5, 0.6) is 0 Å². The summed E-state index contributed by atoms with van der Waals surface area (Å²) in [5.74, 6) is 0.0368. The number of fused-ring (bicyclic) bond motifs is 2. The highest BCUT2D eigenvalue weighted by atomic mass is 19.1. The second kappa shape index (κ2) is 6.47. The summed E-state index contributed by atoms with van der Waals surface area (Å²) in [5, 5.41) is 3.47. The summed E-state index contributed by atoms with van der Waals surface area (Å²) in [6.45, 7) is 1.90. The Balaban J connectivity index is 1.72. The topological polar surface area (TPSA) is 32.3 Å². The summed E-state index contributed by atoms with van der Waals surface area (Å²) in [4.78, 5) is 16.0. The van der Waals surface area contributed by atoms with Gasteiger partial charge >= 0.3 is 0 Å². The number of nitrogens with one attached hydrogen (secondary N) is 1. The number of hydrogen-bond acceptors (Lipinski definition) is 2. The van der Waals surface area contributed by atoms with Crippen LogP contribution in [0.2, 0.25) is 0 Å². The molecule has 4 heteroatoms. The first-order valence-corrected chi connectivity index (χ1v) is 9.50. The molecule has 0 spiro atoms. The Labute approximate surface area is 143 Å². The molecular weight excluding hydrogens is 303 g/mol. The van der Waals surface area contributed by atoms with Crippen molar-refractivity contribution in [3.05, 3.63) is 35.6 Å². The van der Waals surface area contributed by atoms with E-state index in [1.165, 1.54) is 12.5 Å². The minimum absolute atomic E-state index is 0.231. The number of carbonyl (C=O) groups excluding carboxylic acids is 1. The van der Waals surface area contributed by atoms with Crippen molar-refractivity contribution in [2.75, 3.05) is 13.1 Å². The molecule has 1 aliphatic carbocycles. The Morgan fingerprint density at radius 1 is 1.12 bits per heavy atom. The van der Waals surface area contributed by atoms with Crippen LogP contribution in [-0.4, -0.2) is 36.0 Å². The smallest absolute Gasteiger partial charge is 0.233 e. The molecule has 130 valence electrons. The first-order valence-electron chi connectivity index (χ1n) is 9.50. The molecule has 1 amide bonds. The second-order valence-corrected chi connectivity index (χ2v) is 7.74. The standard InChI is InChI=1S/C20H27FN2O/c21-16-6-4-5-15(13-16)20(10-2-1-3-11-20)19(24)23-17-7-8-18(23)14-22-12-9-17/h4-6,13,17-18,22H,1-3,7-12,14H2. The van der Waals surface area contributed by atoms with Gasteiger partial charge in [-0.15, -0.1) is 0 Å². The lowest BCUT2D eigenvalue weighted by molar-refractivity contribution is -0.141. The van der Waals surface area contributed by atoms with E-state index in [0.29, 0.717) is 12.1 Å². The van der Waals surface area contributed by atoms with Crippen LogP contribution < -0.4 is 5.32 Å². The zero-order chi connectivity index (χ0) is 16.6. The van der Waals surface area contributed by atoms with Gasteiger partial charge in [0.25, 0.3) is 0 Å². The third-order valence-corrected chi connectivity index (χ3v) is 6.38. The monoisotopic (exact) mass is 330 g/mol. The number of amides is 1. The van der Waals surface area contributed by atoms with E-state index in [1.807, 2.05) is 6.07 Å². The van der Waals surface area contributed by atoms with E-state index >= 15 is 0 Å². The Morgan fingerprint density at radius 2 is 1.92 bits per heavy atom. The van der Waals surface area contributed by atoms with E-state index < -0.39 is 5.41 Å². The molecule has 3 aliphatic rings. The van der Waals surface area contributed by atoms with Gasteiger partial charge in [-0.05, 0) is 56.3 Å². The van der Waals surface area contributed by atoms with Crippen molar-refractivity contribution in [1.82, 2.24) is 10.2 Å². The van der Waals surface area contributed by atoms with Crippen LogP contribution in [0.3, 0.4) is 0 Å². The predicted octanol–water partition coefficient (Wildman–Crippen LogP) is 3.38. The van der Waals surface area contributed by atoms with Gasteiger partial charge in [0.1, 0.15) is 5.82 Å². The first kappa shape index (κ1) is 16.1. The van der Waals surface area contributed by atoms with Gasteiger partial charge in [-0.25, -0.2) is 4.39 Å². The molecule has 24 heavy (non-hydrogen) atoms. The molecule has 0 radical (unpaired) electrons. The Morgan fingerprint density at radius 3 is 2.71 bits per heavy atom. The van der Waals surface area contributed by atoms with Crippen molar-refractivity contribution >= 4 is 5.91 Å². The molecule has 4 rings (SSSR count). The van der Waals surface area contributed by atoms with Gasteiger partial charge in [0, 0.05) is 18.6 Å². The van der Waals surface area contributed by atoms with E-state index in [0.717, 1.165) is 63.6 Å². The Bertz CT molecular complexity index is 597. The van der Waals surface area contributed by atoms with Gasteiger partial charge in [0.15, 0.2) is 0 Å². The van der Waals surface area contributed by atoms with Gasteiger partial charge in [0.05, 0.1) is 5.41 Å². The largest absolute Gasteiger partial charge is 0.335 e. The van der Waals surface area contributed by atoms with Crippen LogP contribution in [0, 0.1) is 5.82 Å². The molecule has 3 fully saturated rings. The molecule has 1 aromatic rings. The summed E-state index contributed by atoms with van der Waals surface area (Å²) in [6, 6.07) is 7.48. The summed E-state index contributed by atoms with van der Waals surface area (Å²) in [5.41, 5.74) is 0.384. The maximum Gasteiger partial charge on any atom is 0.233 e. The number of nitrogens with zero attached hydrogens (tertiary/aromatic N) is 1. The molecule has 0 aromatic heterocycles. The summed E-state index contributed by atoms with van der Waals surface area (Å²) in [7, 11) is 0. The lowest BCUT2D eigenvalue weighted by Crippen LogP contribution is -2.53. The maximum atomic E-state index is 13.9. The quantitative estimate of drug-likeness (QED) is 0.901. The van der Waals surface area contributed by atoms with E-state index in [9.17, 15) is 9.18 Å². The third kappa shape index (κ3) is 2.65. The average molecular weight is 330 g/mol. The van der Waals surface area contributed by atoms with Crippen molar-refractivity contribution in [1.29, 1.82) is 0 Å². The zero-order valence-corrected chi connectivity index (χ0v) is 14.3. The first-order chi connectivity index (χ1) is 11.7. The number of halogens is 1. The Hall–Kier alpha value is -1.42. The highest BCUT2D eigenvalue weighted by Gasteiger charge is 2.49. The Kier molecular flexibility index (Phi) is 4.33. The van der Waals surface area contributed by atoms with Gasteiger partial charge in [-0.3, -0.25) is 4.79 Å². The number of carbonyl (C=O) groups is 1. The van der Waals surface area contributed by atoms with Crippen molar-refractivity contribution in [3.63, 3.8) is 0 Å². The molecule has 2 saturated heterocycles. The molecule has 3 nitrogen and oxygen atoms in total. The van der Waals surface area contributed by atoms with Gasteiger partial charge < -0.3 is 10.2 Å². The molecule has 2 heterocycles. The fourth-order valence-electron chi connectivity index (χ4n) is 5.13. The third-order valence-electron chi connectivity index (χ3n) is 6.38. The molecule has 2 bridgehead atoms. The summed E-state index contributed by atoms with van der Waals surface area (Å²) >= 11 is 0. The molecule has 2 aliphatic heterocycles. The zero-order valence-electron chi connectivity index (χ0n) is 14.3. The fraction of sp³-hybridized carbons (Fsp3) is 0.650. The van der Waals surface area contributed by atoms with Crippen LogP contribution in [0.4, 0.5) is 4.39 Å². The van der Waals surface area contributed by atoms with Gasteiger partial charge in [-0.2, -0.15) is 0 Å². The number of rotatable bonds is 2. The minimum atomic E-state index is -0.508. The number of hydrogen-bond donors (Lipinski definition) is 1. The second-order valence-electron chi connectivity index (χ2n) is 7.74. The van der Waals surface area contributed by atoms with Crippen LogP contribution in [0.1, 0.15) is 56.9 Å². The van der Waals surface area contributed by atoms with E-state index in [1.54, 1.807) is 12.1 Å². The summed E-state index contributed by atoms with van der Waals surface area (Å²) < 4.78 is 13.9. The molecule has 2 unspecified atom stereocenters. The van der Waals surface area contributed by atoms with Gasteiger partial charge in [-0.1, -0.05) is 31.4 Å². The molecule has 1 N–H and O–H groups in total. The lowest BCUT2D eigenvalue weighted by Gasteiger charge is -2.42. The molecular formula is C20H27FN2O. The van der Waals surface area contributed by atoms with Crippen molar-refractivity contribution in [2.24, 2.45) is 0 Å². The van der Waals surface area contributed by atoms with Crippen molar-refractivity contribution in [2.45, 2.75) is 68.9 Å². The minimum Gasteiger partial charge on any atom is -0.335 e. The van der Waals surface area contributed by atoms with Crippen LogP contribution in [-0.2, 0) is 10.2 Å². The molecule has 1 aromatic carbocycles. The maximum absolute atomic E-state index is 13.9. The van der Waals surface area contributed by atoms with Crippen molar-refractivity contribution < 1.29 is 9.18 Å². The molecule has 2 atom stereocenters. The van der Waals surface area contributed by atoms with E-state index in [4.69, 9.17) is 0 Å². The predicted molar refractivity (Wildman–Crippen MR) is 92.3 cm³/mol. The van der Waals surface area contributed by atoms with Crippen molar-refractivity contribution in [3.8, 4) is 0 Å². The van der Waals surface area contributed by atoms with Crippen LogP contribution in [0.25, 0.3) is 0 Å². The van der Waals surface area contributed by atoms with Gasteiger partial charge in [0.2, 0.25) is 5.91 Å². The SMILES string of the molecule is O=C(N1C2CCNCC1CC2)C1(c2cccc(F)c2)CCCCC1. The number of benzene rings is 1. The fourth-order valence-corrected chi connectivity index (χ4v) is 5.13. The highest BCUT2D eigenvalue weighted by Crippen LogP contribution is 2.44. The van der Waals surface area contributed by atoms with E-state index in [2.05, 4.69) is 10.2 Å². The molecule has 1 saturated carbocycles. The van der Waals surface area contributed by atoms with E-state index in [-0.39, 0.29) is 11.7 Å². The summed E-state index contributed by atoms with van der Waals surface area (Å²) in [6.07, 6.45) is 8.28. The average Bonchev–Trinajstić information content (AvgIpc) is 2.87. The normalized spacial score (nSPS) is 29.3. The van der Waals surface area contributed by atoms with Crippen LogP contribution >= 0.6 is 0 Å². The van der Waals surface area contributed by atoms with Crippen LogP contribution in [0.15, 0.2) is 24.3 Å². The lowest BCUT2D eigenvalue weighted by atomic mass is 9.68. The highest BCUT2D eigenvalue weighted by molar-refractivity contribution is 5.89.